The maximum absolute atomic E-state index is 11.7. The van der Waals surface area contributed by atoms with Gasteiger partial charge in [0.25, 0.3) is 0 Å². The topological polar surface area (TPSA) is 75.7 Å². The van der Waals surface area contributed by atoms with Gasteiger partial charge in [-0.2, -0.15) is 0 Å². The highest BCUT2D eigenvalue weighted by molar-refractivity contribution is 7.88. The lowest BCUT2D eigenvalue weighted by molar-refractivity contribution is -0.121. The molecule has 0 aromatic heterocycles. The van der Waals surface area contributed by atoms with Crippen molar-refractivity contribution in [1.29, 1.82) is 0 Å². The zero-order valence-corrected chi connectivity index (χ0v) is 13.9. The SMILES string of the molecule is COc1ccc(C2(NC(C)=O)CCN(S(C)(=O)=O)CC2)cc1. The number of nitrogens with zero attached hydrogens (tertiary/aromatic N) is 1. The number of sulfonamides is 1. The van der Waals surface area contributed by atoms with E-state index in [1.165, 1.54) is 17.5 Å². The Kier molecular flexibility index (Phi) is 4.77. The van der Waals surface area contributed by atoms with E-state index >= 15 is 0 Å². The van der Waals surface area contributed by atoms with Gasteiger partial charge >= 0.3 is 0 Å². The fraction of sp³-hybridized carbons (Fsp3) is 0.533. The highest BCUT2D eigenvalue weighted by Crippen LogP contribution is 2.34. The Hall–Kier alpha value is -1.60. The molecule has 1 aromatic carbocycles. The average Bonchev–Trinajstić information content (AvgIpc) is 2.46. The molecule has 0 aliphatic carbocycles. The number of benzene rings is 1. The summed E-state index contributed by atoms with van der Waals surface area (Å²) in [6.07, 6.45) is 2.31. The van der Waals surface area contributed by atoms with Crippen LogP contribution in [0.15, 0.2) is 24.3 Å². The number of carbonyl (C=O) groups excluding carboxylic acids is 1. The summed E-state index contributed by atoms with van der Waals surface area (Å²) in [4.78, 5) is 11.6. The zero-order chi connectivity index (χ0) is 16.4. The molecule has 122 valence electrons. The minimum absolute atomic E-state index is 0.122. The van der Waals surface area contributed by atoms with Gasteiger partial charge in [0.15, 0.2) is 0 Å². The number of nitrogens with one attached hydrogen (secondary N) is 1. The molecule has 0 bridgehead atoms. The van der Waals surface area contributed by atoms with Crippen molar-refractivity contribution in [2.45, 2.75) is 25.3 Å². The van der Waals surface area contributed by atoms with Crippen LogP contribution in [-0.2, 0) is 20.4 Å². The van der Waals surface area contributed by atoms with E-state index in [4.69, 9.17) is 4.74 Å². The van der Waals surface area contributed by atoms with Gasteiger partial charge in [-0.1, -0.05) is 12.1 Å². The Labute approximate surface area is 131 Å². The Balaban J connectivity index is 2.28. The molecule has 2 rings (SSSR count). The van der Waals surface area contributed by atoms with Crippen LogP contribution in [0.1, 0.15) is 25.3 Å². The van der Waals surface area contributed by atoms with E-state index in [0.29, 0.717) is 25.9 Å². The first-order chi connectivity index (χ1) is 10.3. The number of hydrogen-bond acceptors (Lipinski definition) is 4. The summed E-state index contributed by atoms with van der Waals surface area (Å²) in [5.74, 6) is 0.624. The molecule has 1 aliphatic rings. The van der Waals surface area contributed by atoms with Gasteiger partial charge in [-0.25, -0.2) is 12.7 Å². The molecule has 1 aromatic rings. The van der Waals surface area contributed by atoms with Crippen LogP contribution in [-0.4, -0.2) is 45.1 Å². The van der Waals surface area contributed by atoms with Crippen LogP contribution in [0.2, 0.25) is 0 Å². The molecule has 0 spiro atoms. The molecule has 0 atom stereocenters. The molecular weight excluding hydrogens is 304 g/mol. The standard InChI is InChI=1S/C15H22N2O4S/c1-12(18)16-15(13-4-6-14(21-2)7-5-13)8-10-17(11-9-15)22(3,19)20/h4-7H,8-11H2,1-3H3,(H,16,18). The molecule has 0 radical (unpaired) electrons. The van der Waals surface area contributed by atoms with Crippen LogP contribution >= 0.6 is 0 Å². The minimum Gasteiger partial charge on any atom is -0.497 e. The van der Waals surface area contributed by atoms with Gasteiger partial charge in [0.2, 0.25) is 15.9 Å². The van der Waals surface area contributed by atoms with E-state index in [2.05, 4.69) is 5.32 Å². The Morgan fingerprint density at radius 2 is 1.77 bits per heavy atom. The van der Waals surface area contributed by atoms with Crippen molar-refractivity contribution >= 4 is 15.9 Å². The van der Waals surface area contributed by atoms with Crippen LogP contribution in [0.3, 0.4) is 0 Å². The van der Waals surface area contributed by atoms with Crippen LogP contribution in [0, 0.1) is 0 Å². The van der Waals surface area contributed by atoms with E-state index in [1.807, 2.05) is 24.3 Å². The highest BCUT2D eigenvalue weighted by atomic mass is 32.2. The van der Waals surface area contributed by atoms with E-state index in [-0.39, 0.29) is 5.91 Å². The third-order valence-electron chi connectivity index (χ3n) is 4.10. The van der Waals surface area contributed by atoms with Crippen molar-refractivity contribution in [3.8, 4) is 5.75 Å². The lowest BCUT2D eigenvalue weighted by Gasteiger charge is -2.41. The first-order valence-electron chi connectivity index (χ1n) is 7.15. The zero-order valence-electron chi connectivity index (χ0n) is 13.1. The van der Waals surface area contributed by atoms with E-state index in [9.17, 15) is 13.2 Å². The lowest BCUT2D eigenvalue weighted by atomic mass is 9.81. The van der Waals surface area contributed by atoms with Gasteiger partial charge in [0.1, 0.15) is 5.75 Å². The van der Waals surface area contributed by atoms with Crippen LogP contribution in [0.5, 0.6) is 5.75 Å². The predicted molar refractivity (Wildman–Crippen MR) is 84.1 cm³/mol. The third kappa shape index (κ3) is 3.59. The molecule has 7 heteroatoms. The van der Waals surface area contributed by atoms with Crippen LogP contribution in [0.4, 0.5) is 0 Å². The molecule has 1 fully saturated rings. The van der Waals surface area contributed by atoms with Gasteiger partial charge in [-0.15, -0.1) is 0 Å². The van der Waals surface area contributed by atoms with Gasteiger partial charge < -0.3 is 10.1 Å². The summed E-state index contributed by atoms with van der Waals surface area (Å²) < 4.78 is 29.9. The minimum atomic E-state index is -3.20. The van der Waals surface area contributed by atoms with Gasteiger partial charge in [-0.3, -0.25) is 4.79 Å². The number of methoxy groups -OCH3 is 1. The summed E-state index contributed by atoms with van der Waals surface area (Å²) in [6, 6.07) is 7.54. The predicted octanol–water partition coefficient (Wildman–Crippen LogP) is 1.08. The summed E-state index contributed by atoms with van der Waals surface area (Å²) in [7, 11) is -1.60. The maximum atomic E-state index is 11.7. The number of ether oxygens (including phenoxy) is 1. The van der Waals surface area contributed by atoms with Crippen molar-refractivity contribution < 1.29 is 17.9 Å². The van der Waals surface area contributed by atoms with E-state index < -0.39 is 15.6 Å². The fourth-order valence-electron chi connectivity index (χ4n) is 2.93. The van der Waals surface area contributed by atoms with Crippen molar-refractivity contribution in [3.05, 3.63) is 29.8 Å². The average molecular weight is 326 g/mol. The number of piperidine rings is 1. The Morgan fingerprint density at radius 3 is 2.18 bits per heavy atom. The van der Waals surface area contributed by atoms with Crippen molar-refractivity contribution in [2.24, 2.45) is 0 Å². The normalized spacial score (nSPS) is 18.7. The number of rotatable bonds is 4. The fourth-order valence-corrected chi connectivity index (χ4v) is 3.78. The molecule has 1 saturated heterocycles. The van der Waals surface area contributed by atoms with Gasteiger partial charge in [-0.05, 0) is 30.5 Å². The number of amides is 1. The molecule has 1 N–H and O–H groups in total. The van der Waals surface area contributed by atoms with Crippen molar-refractivity contribution in [1.82, 2.24) is 9.62 Å². The Morgan fingerprint density at radius 1 is 1.23 bits per heavy atom. The van der Waals surface area contributed by atoms with Crippen molar-refractivity contribution in [3.63, 3.8) is 0 Å². The molecule has 1 amide bonds. The molecule has 6 nitrogen and oxygen atoms in total. The second-order valence-electron chi connectivity index (χ2n) is 5.65. The summed E-state index contributed by atoms with van der Waals surface area (Å²) >= 11 is 0. The van der Waals surface area contributed by atoms with Gasteiger partial charge in [0.05, 0.1) is 18.9 Å². The van der Waals surface area contributed by atoms with Gasteiger partial charge in [0, 0.05) is 20.0 Å². The molecule has 0 unspecified atom stereocenters. The quantitative estimate of drug-likeness (QED) is 0.898. The highest BCUT2D eigenvalue weighted by Gasteiger charge is 2.39. The summed E-state index contributed by atoms with van der Waals surface area (Å²) in [6.45, 7) is 2.27. The smallest absolute Gasteiger partial charge is 0.217 e. The largest absolute Gasteiger partial charge is 0.497 e. The first kappa shape index (κ1) is 16.8. The second kappa shape index (κ2) is 6.26. The molecule has 0 saturated carbocycles. The van der Waals surface area contributed by atoms with Crippen LogP contribution < -0.4 is 10.1 Å². The molecule has 1 heterocycles. The number of hydrogen-bond donors (Lipinski definition) is 1. The molecule has 22 heavy (non-hydrogen) atoms. The summed E-state index contributed by atoms with van der Waals surface area (Å²) in [5, 5.41) is 3.02. The second-order valence-corrected chi connectivity index (χ2v) is 7.64. The first-order valence-corrected chi connectivity index (χ1v) is 9.00. The molecule has 1 aliphatic heterocycles. The molecular formula is C15H22N2O4S. The lowest BCUT2D eigenvalue weighted by Crippen LogP contribution is -2.53. The van der Waals surface area contributed by atoms with E-state index in [1.54, 1.807) is 7.11 Å². The number of carbonyl (C=O) groups is 1. The monoisotopic (exact) mass is 326 g/mol. The van der Waals surface area contributed by atoms with Crippen molar-refractivity contribution in [2.75, 3.05) is 26.5 Å². The third-order valence-corrected chi connectivity index (χ3v) is 5.41. The van der Waals surface area contributed by atoms with E-state index in [0.717, 1.165) is 11.3 Å². The maximum Gasteiger partial charge on any atom is 0.217 e. The Bertz CT molecular complexity index is 632. The summed E-state index contributed by atoms with van der Waals surface area (Å²) in [5.41, 5.74) is 0.441. The van der Waals surface area contributed by atoms with Crippen LogP contribution in [0.25, 0.3) is 0 Å².